The van der Waals surface area contributed by atoms with Gasteiger partial charge < -0.3 is 4.57 Å². The number of nitrogens with zero attached hydrogens (tertiary/aromatic N) is 1. The highest BCUT2D eigenvalue weighted by Crippen LogP contribution is 2.17. The molecule has 0 atom stereocenters. The van der Waals surface area contributed by atoms with Crippen molar-refractivity contribution >= 4 is 17.0 Å². The number of hydrogen-bond donors (Lipinski definition) is 0. The van der Waals surface area contributed by atoms with E-state index >= 15 is 0 Å². The molecule has 28 heavy (non-hydrogen) atoms. The molecule has 154 valence electrons. The number of aromatic nitrogens is 1. The number of aryl methyl sites for hydroxylation is 1. The van der Waals surface area contributed by atoms with E-state index in [1.165, 1.54) is 64.2 Å². The SMILES string of the molecule is CCCCCCCCCC/C=C/c1cc(=O)c2ccccc2n1CCCCC. The lowest BCUT2D eigenvalue weighted by molar-refractivity contribution is 0.578. The van der Waals surface area contributed by atoms with Gasteiger partial charge in [-0.05, 0) is 37.5 Å². The minimum Gasteiger partial charge on any atom is -0.341 e. The van der Waals surface area contributed by atoms with Crippen molar-refractivity contribution in [2.24, 2.45) is 0 Å². The van der Waals surface area contributed by atoms with Crippen LogP contribution in [0.5, 0.6) is 0 Å². The molecule has 0 aliphatic rings. The largest absolute Gasteiger partial charge is 0.341 e. The van der Waals surface area contributed by atoms with E-state index in [9.17, 15) is 4.79 Å². The summed E-state index contributed by atoms with van der Waals surface area (Å²) >= 11 is 0. The molecule has 0 saturated carbocycles. The Bertz CT molecular complexity index is 772. The fourth-order valence-corrected chi connectivity index (χ4v) is 3.85. The molecule has 0 bridgehead atoms. The minimum atomic E-state index is 0.133. The van der Waals surface area contributed by atoms with Crippen molar-refractivity contribution in [2.45, 2.75) is 97.4 Å². The van der Waals surface area contributed by atoms with Crippen molar-refractivity contribution < 1.29 is 0 Å². The minimum absolute atomic E-state index is 0.133. The highest BCUT2D eigenvalue weighted by molar-refractivity contribution is 5.80. The molecule has 0 fully saturated rings. The number of benzene rings is 1. The summed E-state index contributed by atoms with van der Waals surface area (Å²) in [6.45, 7) is 5.48. The summed E-state index contributed by atoms with van der Waals surface area (Å²) in [6.07, 6.45) is 19.9. The summed E-state index contributed by atoms with van der Waals surface area (Å²) in [7, 11) is 0. The van der Waals surface area contributed by atoms with Gasteiger partial charge in [-0.25, -0.2) is 0 Å². The lowest BCUT2D eigenvalue weighted by atomic mass is 10.1. The van der Waals surface area contributed by atoms with Crippen LogP contribution in [-0.4, -0.2) is 4.57 Å². The number of hydrogen-bond acceptors (Lipinski definition) is 1. The van der Waals surface area contributed by atoms with E-state index in [4.69, 9.17) is 0 Å². The molecule has 2 rings (SSSR count). The maximum absolute atomic E-state index is 12.5. The van der Waals surface area contributed by atoms with Gasteiger partial charge in [0.2, 0.25) is 0 Å². The number of para-hydroxylation sites is 1. The fraction of sp³-hybridized carbons (Fsp3) is 0.577. The van der Waals surface area contributed by atoms with E-state index in [-0.39, 0.29) is 5.43 Å². The third-order valence-electron chi connectivity index (χ3n) is 5.55. The molecule has 0 radical (unpaired) electrons. The highest BCUT2D eigenvalue weighted by atomic mass is 16.1. The predicted octanol–water partition coefficient (Wildman–Crippen LogP) is 7.74. The molecule has 0 amide bonds. The average molecular weight is 382 g/mol. The van der Waals surface area contributed by atoms with Crippen LogP contribution in [0.3, 0.4) is 0 Å². The van der Waals surface area contributed by atoms with Gasteiger partial charge in [-0.2, -0.15) is 0 Å². The maximum atomic E-state index is 12.5. The first-order valence-electron chi connectivity index (χ1n) is 11.6. The van der Waals surface area contributed by atoms with Crippen molar-refractivity contribution in [3.05, 3.63) is 52.3 Å². The van der Waals surface area contributed by atoms with E-state index in [1.54, 1.807) is 0 Å². The predicted molar refractivity (Wildman–Crippen MR) is 124 cm³/mol. The Kier molecular flexibility index (Phi) is 10.7. The number of allylic oxidation sites excluding steroid dienone is 1. The van der Waals surface area contributed by atoms with Crippen LogP contribution in [0.1, 0.15) is 96.6 Å². The first-order chi connectivity index (χ1) is 13.8. The summed E-state index contributed by atoms with van der Waals surface area (Å²) < 4.78 is 2.33. The third-order valence-corrected chi connectivity index (χ3v) is 5.55. The Balaban J connectivity index is 1.94. The molecule has 0 aliphatic heterocycles. The van der Waals surface area contributed by atoms with Crippen LogP contribution >= 0.6 is 0 Å². The molecule has 2 aromatic rings. The third kappa shape index (κ3) is 7.30. The summed E-state index contributed by atoms with van der Waals surface area (Å²) in [5.41, 5.74) is 2.26. The van der Waals surface area contributed by atoms with E-state index in [0.717, 1.165) is 36.0 Å². The van der Waals surface area contributed by atoms with Gasteiger partial charge in [0.25, 0.3) is 0 Å². The van der Waals surface area contributed by atoms with Crippen molar-refractivity contribution in [1.82, 2.24) is 4.57 Å². The first-order valence-corrected chi connectivity index (χ1v) is 11.6. The number of pyridine rings is 1. The quantitative estimate of drug-likeness (QED) is 0.307. The van der Waals surface area contributed by atoms with E-state index in [1.807, 2.05) is 24.3 Å². The van der Waals surface area contributed by atoms with Gasteiger partial charge in [0, 0.05) is 23.7 Å². The summed E-state index contributed by atoms with van der Waals surface area (Å²) in [6, 6.07) is 9.84. The van der Waals surface area contributed by atoms with E-state index < -0.39 is 0 Å². The zero-order valence-electron chi connectivity index (χ0n) is 18.1. The van der Waals surface area contributed by atoms with Gasteiger partial charge in [-0.1, -0.05) is 89.8 Å². The molecule has 0 unspecified atom stereocenters. The Morgan fingerprint density at radius 1 is 0.821 bits per heavy atom. The number of rotatable bonds is 14. The molecule has 0 spiro atoms. The molecular formula is C26H39NO. The molecule has 0 N–H and O–H groups in total. The number of fused-ring (bicyclic) bond motifs is 1. The topological polar surface area (TPSA) is 22.0 Å². The molecule has 2 heteroatoms. The lowest BCUT2D eigenvalue weighted by Gasteiger charge is -2.15. The molecule has 1 heterocycles. The Labute approximate surface area is 171 Å². The van der Waals surface area contributed by atoms with Crippen LogP contribution in [0.25, 0.3) is 17.0 Å². The monoisotopic (exact) mass is 381 g/mol. The number of unbranched alkanes of at least 4 members (excludes halogenated alkanes) is 10. The van der Waals surface area contributed by atoms with Crippen LogP contribution in [0.4, 0.5) is 0 Å². The second kappa shape index (κ2) is 13.4. The second-order valence-electron chi connectivity index (χ2n) is 7.98. The van der Waals surface area contributed by atoms with Crippen molar-refractivity contribution in [2.75, 3.05) is 0 Å². The Morgan fingerprint density at radius 2 is 1.46 bits per heavy atom. The maximum Gasteiger partial charge on any atom is 0.190 e. The standard InChI is InChI=1S/C26H39NO/c1-3-5-7-8-9-10-11-12-13-14-18-23-22-26(28)24-19-15-16-20-25(24)27(23)21-17-6-4-2/h14-16,18-20,22H,3-13,17,21H2,1-2H3/b18-14+. The van der Waals surface area contributed by atoms with Crippen molar-refractivity contribution in [3.63, 3.8) is 0 Å². The van der Waals surface area contributed by atoms with Gasteiger partial charge in [0.1, 0.15) is 0 Å². The Hall–Kier alpha value is -1.83. The average Bonchev–Trinajstić information content (AvgIpc) is 2.71. The Morgan fingerprint density at radius 3 is 2.21 bits per heavy atom. The van der Waals surface area contributed by atoms with Gasteiger partial charge >= 0.3 is 0 Å². The molecule has 0 aliphatic carbocycles. The smallest absolute Gasteiger partial charge is 0.190 e. The van der Waals surface area contributed by atoms with Crippen molar-refractivity contribution in [3.8, 4) is 0 Å². The zero-order valence-corrected chi connectivity index (χ0v) is 18.1. The van der Waals surface area contributed by atoms with Gasteiger partial charge in [0.15, 0.2) is 5.43 Å². The summed E-state index contributed by atoms with van der Waals surface area (Å²) in [5, 5.41) is 0.833. The summed E-state index contributed by atoms with van der Waals surface area (Å²) in [5.74, 6) is 0. The molecular weight excluding hydrogens is 342 g/mol. The normalized spacial score (nSPS) is 11.6. The van der Waals surface area contributed by atoms with Crippen LogP contribution in [0.15, 0.2) is 41.2 Å². The first kappa shape index (κ1) is 22.5. The van der Waals surface area contributed by atoms with Crippen LogP contribution in [0.2, 0.25) is 0 Å². The van der Waals surface area contributed by atoms with Gasteiger partial charge in [0.05, 0.1) is 5.52 Å². The van der Waals surface area contributed by atoms with Crippen LogP contribution in [-0.2, 0) is 6.54 Å². The molecule has 1 aromatic heterocycles. The highest BCUT2D eigenvalue weighted by Gasteiger charge is 2.06. The fourth-order valence-electron chi connectivity index (χ4n) is 3.85. The zero-order chi connectivity index (χ0) is 20.0. The van der Waals surface area contributed by atoms with E-state index in [0.29, 0.717) is 0 Å². The van der Waals surface area contributed by atoms with Gasteiger partial charge in [-0.15, -0.1) is 0 Å². The lowest BCUT2D eigenvalue weighted by Crippen LogP contribution is -2.12. The second-order valence-corrected chi connectivity index (χ2v) is 7.98. The van der Waals surface area contributed by atoms with Gasteiger partial charge in [-0.3, -0.25) is 4.79 Å². The van der Waals surface area contributed by atoms with Crippen molar-refractivity contribution in [1.29, 1.82) is 0 Å². The molecule has 0 saturated heterocycles. The molecule has 1 aromatic carbocycles. The van der Waals surface area contributed by atoms with Crippen LogP contribution in [0, 0.1) is 0 Å². The molecule has 2 nitrogen and oxygen atoms in total. The van der Waals surface area contributed by atoms with E-state index in [2.05, 4.69) is 36.6 Å². The van der Waals surface area contributed by atoms with Crippen LogP contribution < -0.4 is 5.43 Å². The summed E-state index contributed by atoms with van der Waals surface area (Å²) in [4.78, 5) is 12.5.